The molecule has 0 spiro atoms. The molecule has 0 heterocycles. The number of rotatable bonds is 5. The Hall–Kier alpha value is -1.14. The summed E-state index contributed by atoms with van der Waals surface area (Å²) in [7, 11) is -1.68. The fourth-order valence-corrected chi connectivity index (χ4v) is 2.73. The highest BCUT2D eigenvalue weighted by molar-refractivity contribution is 7.84. The minimum atomic E-state index is -2.43. The molecule has 0 fully saturated rings. The number of hydrogen-bond acceptors (Lipinski definition) is 2. The van der Waals surface area contributed by atoms with Crippen molar-refractivity contribution in [2.45, 2.75) is 50.6 Å². The number of carbonyl (C=O) groups excluding carboxylic acids is 1. The van der Waals surface area contributed by atoms with Gasteiger partial charge in [-0.25, -0.2) is 17.7 Å². The zero-order valence-corrected chi connectivity index (χ0v) is 13.7. The summed E-state index contributed by atoms with van der Waals surface area (Å²) < 4.78 is 43.1. The topological polar surface area (TPSA) is 46.2 Å². The normalized spacial score (nSPS) is 19.4. The smallest absolute Gasteiger partial charge is 0.185 e. The maximum Gasteiger partial charge on any atom is 0.185 e. The van der Waals surface area contributed by atoms with Crippen molar-refractivity contribution in [3.8, 4) is 0 Å². The second-order valence-corrected chi connectivity index (χ2v) is 8.25. The number of hydrogen-bond donors (Lipinski definition) is 1. The van der Waals surface area contributed by atoms with Gasteiger partial charge in [0.2, 0.25) is 0 Å². The minimum Gasteiger partial charge on any atom is -0.300 e. The van der Waals surface area contributed by atoms with E-state index in [4.69, 9.17) is 0 Å². The van der Waals surface area contributed by atoms with Gasteiger partial charge in [0.05, 0.1) is 21.3 Å². The molecule has 6 heteroatoms. The molecular formula is C15H21F2NO2S. The van der Waals surface area contributed by atoms with Gasteiger partial charge in [-0.05, 0) is 40.7 Å². The van der Waals surface area contributed by atoms with Gasteiger partial charge in [-0.15, -0.1) is 0 Å². The highest BCUT2D eigenvalue weighted by atomic mass is 32.2. The van der Waals surface area contributed by atoms with Crippen LogP contribution < -0.4 is 4.72 Å². The van der Waals surface area contributed by atoms with Gasteiger partial charge in [-0.3, -0.25) is 4.79 Å². The van der Waals surface area contributed by atoms with E-state index in [1.165, 1.54) is 25.1 Å². The second-order valence-electron chi connectivity index (χ2n) is 6.28. The lowest BCUT2D eigenvalue weighted by Gasteiger charge is -2.40. The first-order chi connectivity index (χ1) is 9.45. The summed E-state index contributed by atoms with van der Waals surface area (Å²) in [5.74, 6) is -0.663. The number of nitrogens with one attached hydrogen (secondary N) is 1. The molecule has 0 amide bonds. The van der Waals surface area contributed by atoms with E-state index in [9.17, 15) is 17.8 Å². The average molecular weight is 317 g/mol. The summed E-state index contributed by atoms with van der Waals surface area (Å²) in [5.41, 5.74) is -4.23. The quantitative estimate of drug-likeness (QED) is 0.849. The number of carbonyl (C=O) groups is 1. The van der Waals surface area contributed by atoms with E-state index in [2.05, 4.69) is 4.72 Å². The molecule has 0 saturated heterocycles. The van der Waals surface area contributed by atoms with Crippen molar-refractivity contribution < 1.29 is 17.8 Å². The zero-order valence-electron chi connectivity index (χ0n) is 12.9. The van der Waals surface area contributed by atoms with Crippen LogP contribution in [0, 0.1) is 5.82 Å². The summed E-state index contributed by atoms with van der Waals surface area (Å²) in [6, 6.07) is 5.56. The maximum atomic E-state index is 14.8. The van der Waals surface area contributed by atoms with Crippen LogP contribution in [0.3, 0.4) is 0 Å². The molecule has 1 rings (SSSR count). The Bertz CT molecular complexity index is 555. The Labute approximate surface area is 126 Å². The molecule has 0 aromatic heterocycles. The molecule has 118 valence electrons. The van der Waals surface area contributed by atoms with Crippen LogP contribution in [-0.2, 0) is 21.3 Å². The van der Waals surface area contributed by atoms with Crippen LogP contribution in [0.1, 0.15) is 40.2 Å². The van der Waals surface area contributed by atoms with Crippen molar-refractivity contribution >= 4 is 17.3 Å². The van der Waals surface area contributed by atoms with E-state index >= 15 is 0 Å². The van der Waals surface area contributed by atoms with Crippen LogP contribution in [0.15, 0.2) is 24.3 Å². The average Bonchev–Trinajstić information content (AvgIpc) is 2.37. The Kier molecular flexibility index (Phi) is 5.05. The van der Waals surface area contributed by atoms with Crippen molar-refractivity contribution in [1.29, 1.82) is 0 Å². The molecule has 0 radical (unpaired) electrons. The lowest BCUT2D eigenvalue weighted by atomic mass is 9.79. The number of halogens is 2. The van der Waals surface area contributed by atoms with Crippen LogP contribution >= 0.6 is 0 Å². The minimum absolute atomic E-state index is 0.0419. The summed E-state index contributed by atoms with van der Waals surface area (Å²) in [6.07, 6.45) is 0.103. The highest BCUT2D eigenvalue weighted by Crippen LogP contribution is 2.37. The molecule has 1 aromatic rings. The van der Waals surface area contributed by atoms with Crippen LogP contribution in [0.25, 0.3) is 0 Å². The Morgan fingerprint density at radius 3 is 2.10 bits per heavy atom. The van der Waals surface area contributed by atoms with E-state index in [1.54, 1.807) is 26.8 Å². The fraction of sp³-hybridized carbons (Fsp3) is 0.533. The summed E-state index contributed by atoms with van der Waals surface area (Å²) >= 11 is 0. The van der Waals surface area contributed by atoms with E-state index in [-0.39, 0.29) is 11.8 Å². The SMILES string of the molecule is CC(C)(C)S(=O)NC(C)(c1ccccc1F)C(C)(F)C=O. The molecule has 3 unspecified atom stereocenters. The maximum absolute atomic E-state index is 14.8. The summed E-state index contributed by atoms with van der Waals surface area (Å²) in [6.45, 7) is 7.49. The van der Waals surface area contributed by atoms with Crippen molar-refractivity contribution in [2.75, 3.05) is 0 Å². The van der Waals surface area contributed by atoms with Crippen LogP contribution in [0.2, 0.25) is 0 Å². The molecule has 0 aliphatic rings. The monoisotopic (exact) mass is 317 g/mol. The highest BCUT2D eigenvalue weighted by Gasteiger charge is 2.50. The lowest BCUT2D eigenvalue weighted by Crippen LogP contribution is -2.58. The zero-order chi connectivity index (χ0) is 16.5. The number of aldehydes is 1. The molecule has 1 N–H and O–H groups in total. The van der Waals surface area contributed by atoms with Crippen molar-refractivity contribution in [2.24, 2.45) is 0 Å². The van der Waals surface area contributed by atoms with Crippen LogP contribution in [0.4, 0.5) is 8.78 Å². The van der Waals surface area contributed by atoms with E-state index < -0.39 is 32.8 Å². The van der Waals surface area contributed by atoms with Crippen LogP contribution in [0.5, 0.6) is 0 Å². The molecular weight excluding hydrogens is 296 g/mol. The van der Waals surface area contributed by atoms with Crippen molar-refractivity contribution in [3.05, 3.63) is 35.6 Å². The molecule has 1 aromatic carbocycles. The molecule has 0 aliphatic heterocycles. The van der Waals surface area contributed by atoms with E-state index in [0.29, 0.717) is 0 Å². The summed E-state index contributed by atoms with van der Waals surface area (Å²) in [4.78, 5) is 11.2. The first-order valence-electron chi connectivity index (χ1n) is 6.55. The number of alkyl halides is 1. The van der Waals surface area contributed by atoms with Crippen molar-refractivity contribution in [3.63, 3.8) is 0 Å². The van der Waals surface area contributed by atoms with E-state index in [0.717, 1.165) is 6.92 Å². The lowest BCUT2D eigenvalue weighted by molar-refractivity contribution is -0.121. The number of benzene rings is 1. The molecule has 0 saturated carbocycles. The van der Waals surface area contributed by atoms with Gasteiger partial charge < -0.3 is 0 Å². The Morgan fingerprint density at radius 1 is 1.14 bits per heavy atom. The van der Waals surface area contributed by atoms with Crippen LogP contribution in [-0.4, -0.2) is 20.9 Å². The first-order valence-corrected chi connectivity index (χ1v) is 7.70. The van der Waals surface area contributed by atoms with Gasteiger partial charge in [0.25, 0.3) is 0 Å². The Balaban J connectivity index is 3.43. The predicted molar refractivity (Wildman–Crippen MR) is 80.4 cm³/mol. The first kappa shape index (κ1) is 17.9. The van der Waals surface area contributed by atoms with E-state index in [1.807, 2.05) is 0 Å². The molecule has 0 aliphatic carbocycles. The van der Waals surface area contributed by atoms with Gasteiger partial charge in [0.15, 0.2) is 12.0 Å². The Morgan fingerprint density at radius 2 is 1.67 bits per heavy atom. The molecule has 3 atom stereocenters. The third-order valence-corrected chi connectivity index (χ3v) is 5.17. The van der Waals surface area contributed by atoms with Gasteiger partial charge in [0.1, 0.15) is 5.82 Å². The molecule has 21 heavy (non-hydrogen) atoms. The fourth-order valence-electron chi connectivity index (χ4n) is 1.74. The van der Waals surface area contributed by atoms with Gasteiger partial charge in [-0.1, -0.05) is 18.2 Å². The standard InChI is InChI=1S/C15H21F2NO2S/c1-13(2,3)21(20)18-15(5,14(4,17)10-19)11-8-6-7-9-12(11)16/h6-10,18H,1-5H3. The van der Waals surface area contributed by atoms with Gasteiger partial charge in [-0.2, -0.15) is 0 Å². The predicted octanol–water partition coefficient (Wildman–Crippen LogP) is 3.02. The molecule has 0 bridgehead atoms. The third-order valence-electron chi connectivity index (χ3n) is 3.46. The third kappa shape index (κ3) is 3.55. The van der Waals surface area contributed by atoms with Gasteiger partial charge >= 0.3 is 0 Å². The van der Waals surface area contributed by atoms with Crippen molar-refractivity contribution in [1.82, 2.24) is 4.72 Å². The largest absolute Gasteiger partial charge is 0.300 e. The molecule has 3 nitrogen and oxygen atoms in total. The summed E-state index contributed by atoms with van der Waals surface area (Å²) in [5, 5.41) is 0. The second kappa shape index (κ2) is 5.93. The van der Waals surface area contributed by atoms with Gasteiger partial charge in [0, 0.05) is 5.56 Å².